The van der Waals surface area contributed by atoms with Gasteiger partial charge in [0, 0.05) is 17.7 Å². The average Bonchev–Trinajstić information content (AvgIpc) is 2.93. The Morgan fingerprint density at radius 1 is 1.60 bits per heavy atom. The lowest BCUT2D eigenvalue weighted by atomic mass is 10.0. The van der Waals surface area contributed by atoms with Gasteiger partial charge in [-0.15, -0.1) is 0 Å². The van der Waals surface area contributed by atoms with Gasteiger partial charge in [-0.25, -0.2) is 0 Å². The standard InChI is InChI=1S/C14H19NO4S/c1-18-12-4-2-3-9(7-11(15)14(16)17)13(12)19-10-5-6-20-8-10/h2-4,10-11H,5-8,15H2,1H3,(H,16,17). The molecule has 5 nitrogen and oxygen atoms in total. The minimum absolute atomic E-state index is 0.149. The number of benzene rings is 1. The van der Waals surface area contributed by atoms with Crippen LogP contribution in [-0.4, -0.2) is 41.8 Å². The molecule has 0 amide bonds. The summed E-state index contributed by atoms with van der Waals surface area (Å²) in [6, 6.07) is 4.53. The summed E-state index contributed by atoms with van der Waals surface area (Å²) >= 11 is 1.85. The fraction of sp³-hybridized carbons (Fsp3) is 0.500. The van der Waals surface area contributed by atoms with Crippen molar-refractivity contribution in [2.75, 3.05) is 18.6 Å². The van der Waals surface area contributed by atoms with Gasteiger partial charge in [0.2, 0.25) is 0 Å². The molecule has 2 atom stereocenters. The van der Waals surface area contributed by atoms with Gasteiger partial charge in [-0.05, 0) is 18.2 Å². The third kappa shape index (κ3) is 3.58. The van der Waals surface area contributed by atoms with Crippen LogP contribution in [0.15, 0.2) is 18.2 Å². The minimum atomic E-state index is -1.02. The highest BCUT2D eigenvalue weighted by molar-refractivity contribution is 7.99. The molecule has 0 radical (unpaired) electrons. The molecule has 2 unspecified atom stereocenters. The molecular weight excluding hydrogens is 278 g/mol. The van der Waals surface area contributed by atoms with Crippen molar-refractivity contribution in [2.45, 2.75) is 25.0 Å². The highest BCUT2D eigenvalue weighted by Crippen LogP contribution is 2.34. The van der Waals surface area contributed by atoms with E-state index in [1.807, 2.05) is 30.0 Å². The van der Waals surface area contributed by atoms with Crippen molar-refractivity contribution in [3.8, 4) is 11.5 Å². The summed E-state index contributed by atoms with van der Waals surface area (Å²) in [5, 5.41) is 8.94. The van der Waals surface area contributed by atoms with Gasteiger partial charge < -0.3 is 20.3 Å². The Hall–Kier alpha value is -1.40. The molecule has 3 N–H and O–H groups in total. The molecule has 0 aliphatic carbocycles. The number of thioether (sulfide) groups is 1. The van der Waals surface area contributed by atoms with Gasteiger partial charge in [0.05, 0.1) is 7.11 Å². The van der Waals surface area contributed by atoms with Gasteiger partial charge in [-0.3, -0.25) is 4.79 Å². The number of methoxy groups -OCH3 is 1. The van der Waals surface area contributed by atoms with E-state index in [1.54, 1.807) is 7.11 Å². The average molecular weight is 297 g/mol. The summed E-state index contributed by atoms with van der Waals surface area (Å²) in [5.41, 5.74) is 6.39. The number of hydrogen-bond donors (Lipinski definition) is 2. The monoisotopic (exact) mass is 297 g/mol. The minimum Gasteiger partial charge on any atom is -0.493 e. The maximum absolute atomic E-state index is 10.9. The second-order valence-corrected chi connectivity index (χ2v) is 5.85. The fourth-order valence-corrected chi connectivity index (χ4v) is 3.21. The van der Waals surface area contributed by atoms with Gasteiger partial charge in [0.1, 0.15) is 12.1 Å². The van der Waals surface area contributed by atoms with Crippen LogP contribution < -0.4 is 15.2 Å². The maximum atomic E-state index is 10.9. The Labute approximate surface area is 122 Å². The molecule has 0 saturated carbocycles. The number of hydrogen-bond acceptors (Lipinski definition) is 5. The van der Waals surface area contributed by atoms with E-state index in [0.717, 1.165) is 23.5 Å². The van der Waals surface area contributed by atoms with Crippen LogP contribution in [0.2, 0.25) is 0 Å². The molecule has 2 rings (SSSR count). The lowest BCUT2D eigenvalue weighted by Crippen LogP contribution is -2.32. The second kappa shape index (κ2) is 6.85. The van der Waals surface area contributed by atoms with Crippen LogP contribution in [0, 0.1) is 0 Å². The molecule has 6 heteroatoms. The first-order chi connectivity index (χ1) is 9.61. The summed E-state index contributed by atoms with van der Waals surface area (Å²) in [4.78, 5) is 10.9. The van der Waals surface area contributed by atoms with Crippen LogP contribution in [0.4, 0.5) is 0 Å². The first-order valence-electron chi connectivity index (χ1n) is 6.50. The number of carbonyl (C=O) groups is 1. The quantitative estimate of drug-likeness (QED) is 0.829. The predicted molar refractivity (Wildman–Crippen MR) is 78.7 cm³/mol. The molecule has 0 spiro atoms. The third-order valence-electron chi connectivity index (χ3n) is 3.21. The Morgan fingerprint density at radius 3 is 3.00 bits per heavy atom. The number of ether oxygens (including phenoxy) is 2. The van der Waals surface area contributed by atoms with Gasteiger partial charge in [-0.1, -0.05) is 12.1 Å². The highest BCUT2D eigenvalue weighted by Gasteiger charge is 2.22. The number of para-hydroxylation sites is 1. The van der Waals surface area contributed by atoms with E-state index in [1.165, 1.54) is 0 Å². The summed E-state index contributed by atoms with van der Waals surface area (Å²) in [7, 11) is 1.58. The Morgan fingerprint density at radius 2 is 2.40 bits per heavy atom. The Bertz CT molecular complexity index is 474. The summed E-state index contributed by atoms with van der Waals surface area (Å²) in [5.74, 6) is 2.26. The van der Waals surface area contributed by atoms with Crippen LogP contribution in [0.5, 0.6) is 11.5 Å². The molecule has 1 fully saturated rings. The molecule has 1 aromatic carbocycles. The zero-order valence-corrected chi connectivity index (χ0v) is 12.2. The number of carboxylic acids is 1. The van der Waals surface area contributed by atoms with E-state index in [0.29, 0.717) is 11.5 Å². The molecule has 0 bridgehead atoms. The van der Waals surface area contributed by atoms with Gasteiger partial charge in [0.15, 0.2) is 11.5 Å². The summed E-state index contributed by atoms with van der Waals surface area (Å²) < 4.78 is 11.3. The van der Waals surface area contributed by atoms with E-state index in [9.17, 15) is 4.79 Å². The molecule has 1 heterocycles. The first kappa shape index (κ1) is 15.0. The maximum Gasteiger partial charge on any atom is 0.320 e. The highest BCUT2D eigenvalue weighted by atomic mass is 32.2. The van der Waals surface area contributed by atoms with Crippen molar-refractivity contribution >= 4 is 17.7 Å². The Balaban J connectivity index is 2.22. The van der Waals surface area contributed by atoms with Crippen molar-refractivity contribution in [2.24, 2.45) is 5.73 Å². The van der Waals surface area contributed by atoms with E-state index in [-0.39, 0.29) is 12.5 Å². The third-order valence-corrected chi connectivity index (χ3v) is 4.34. The zero-order chi connectivity index (χ0) is 14.5. The number of nitrogens with two attached hydrogens (primary N) is 1. The van der Waals surface area contributed by atoms with Crippen LogP contribution in [0.25, 0.3) is 0 Å². The van der Waals surface area contributed by atoms with E-state index < -0.39 is 12.0 Å². The number of aliphatic carboxylic acids is 1. The van der Waals surface area contributed by atoms with Crippen molar-refractivity contribution < 1.29 is 19.4 Å². The zero-order valence-electron chi connectivity index (χ0n) is 11.4. The topological polar surface area (TPSA) is 81.8 Å². The smallest absolute Gasteiger partial charge is 0.320 e. The number of carboxylic acid groups (broad SMARTS) is 1. The molecule has 0 aromatic heterocycles. The molecule has 20 heavy (non-hydrogen) atoms. The van der Waals surface area contributed by atoms with Crippen LogP contribution in [0.3, 0.4) is 0 Å². The van der Waals surface area contributed by atoms with Crippen molar-refractivity contribution in [1.82, 2.24) is 0 Å². The fourth-order valence-electron chi connectivity index (χ4n) is 2.11. The lowest BCUT2D eigenvalue weighted by molar-refractivity contribution is -0.138. The predicted octanol–water partition coefficient (Wildman–Crippen LogP) is 1.53. The van der Waals surface area contributed by atoms with E-state index in [2.05, 4.69) is 0 Å². The van der Waals surface area contributed by atoms with Gasteiger partial charge in [0.25, 0.3) is 0 Å². The SMILES string of the molecule is COc1cccc(CC(N)C(=O)O)c1OC1CCSC1. The molecule has 1 aromatic rings. The molecule has 1 aliphatic heterocycles. The molecule has 1 saturated heterocycles. The molecule has 1 aliphatic rings. The van der Waals surface area contributed by atoms with Gasteiger partial charge >= 0.3 is 5.97 Å². The van der Waals surface area contributed by atoms with Crippen molar-refractivity contribution in [3.63, 3.8) is 0 Å². The van der Waals surface area contributed by atoms with Crippen molar-refractivity contribution in [1.29, 1.82) is 0 Å². The van der Waals surface area contributed by atoms with Gasteiger partial charge in [-0.2, -0.15) is 11.8 Å². The first-order valence-corrected chi connectivity index (χ1v) is 7.66. The van der Waals surface area contributed by atoms with Crippen LogP contribution in [-0.2, 0) is 11.2 Å². The van der Waals surface area contributed by atoms with Crippen molar-refractivity contribution in [3.05, 3.63) is 23.8 Å². The molecular formula is C14H19NO4S. The second-order valence-electron chi connectivity index (χ2n) is 4.70. The van der Waals surface area contributed by atoms with E-state index in [4.69, 9.17) is 20.3 Å². The summed E-state index contributed by atoms with van der Waals surface area (Å²) in [6.45, 7) is 0. The van der Waals surface area contributed by atoms with Crippen LogP contribution >= 0.6 is 11.8 Å². The van der Waals surface area contributed by atoms with E-state index >= 15 is 0 Å². The normalized spacial score (nSPS) is 19.6. The van der Waals surface area contributed by atoms with Crippen LogP contribution in [0.1, 0.15) is 12.0 Å². The Kier molecular flexibility index (Phi) is 5.14. The largest absolute Gasteiger partial charge is 0.493 e. The molecule has 110 valence electrons. The summed E-state index contributed by atoms with van der Waals surface area (Å²) in [6.07, 6.45) is 1.37. The number of rotatable bonds is 6. The lowest BCUT2D eigenvalue weighted by Gasteiger charge is -2.19.